The van der Waals surface area contributed by atoms with Gasteiger partial charge in [0.15, 0.2) is 0 Å². The second kappa shape index (κ2) is 5.97. The quantitative estimate of drug-likeness (QED) is 0.903. The van der Waals surface area contributed by atoms with Crippen molar-refractivity contribution in [2.24, 2.45) is 0 Å². The summed E-state index contributed by atoms with van der Waals surface area (Å²) in [6, 6.07) is 5.58. The average molecular weight is 321 g/mol. The van der Waals surface area contributed by atoms with Gasteiger partial charge in [-0.05, 0) is 37.9 Å². The fraction of sp³-hybridized carbons (Fsp3) is 0.538. The largest absolute Gasteiger partial charge is 0.315 e. The van der Waals surface area contributed by atoms with Crippen molar-refractivity contribution in [3.05, 3.63) is 30.1 Å². The lowest BCUT2D eigenvalue weighted by molar-refractivity contribution is 0.333. The van der Waals surface area contributed by atoms with E-state index in [-0.39, 0.29) is 29.4 Å². The number of nitrogens with zero attached hydrogens (tertiary/aromatic N) is 1. The van der Waals surface area contributed by atoms with Gasteiger partial charge in [0, 0.05) is 18.6 Å². The smallest absolute Gasteiger partial charge is 0.246 e. The van der Waals surface area contributed by atoms with E-state index in [0.717, 1.165) is 25.8 Å². The molecule has 1 aromatic carbocycles. The van der Waals surface area contributed by atoms with Crippen LogP contribution in [-0.2, 0) is 10.0 Å². The number of rotatable bonds is 2. The number of hydrogen-bond donors (Lipinski definition) is 1. The zero-order valence-electron chi connectivity index (χ0n) is 11.0. The highest BCUT2D eigenvalue weighted by Crippen LogP contribution is 2.34. The van der Waals surface area contributed by atoms with Gasteiger partial charge >= 0.3 is 0 Å². The molecule has 1 aromatic rings. The first-order chi connectivity index (χ1) is 9.10. The minimum Gasteiger partial charge on any atom is -0.315 e. The molecule has 0 radical (unpaired) electrons. The van der Waals surface area contributed by atoms with E-state index in [1.54, 1.807) is 6.07 Å². The molecular formula is C13H18ClFN2O2S. The molecule has 2 aliphatic rings. The van der Waals surface area contributed by atoms with Crippen molar-refractivity contribution in [3.8, 4) is 0 Å². The summed E-state index contributed by atoms with van der Waals surface area (Å²) >= 11 is 0. The van der Waals surface area contributed by atoms with Gasteiger partial charge in [-0.15, -0.1) is 12.4 Å². The van der Waals surface area contributed by atoms with E-state index in [2.05, 4.69) is 5.32 Å². The summed E-state index contributed by atoms with van der Waals surface area (Å²) in [5.74, 6) is -0.667. The third kappa shape index (κ3) is 2.57. The topological polar surface area (TPSA) is 49.4 Å². The number of fused-ring (bicyclic) bond motifs is 2. The van der Waals surface area contributed by atoms with Crippen LogP contribution in [0.25, 0.3) is 0 Å². The fourth-order valence-electron chi connectivity index (χ4n) is 3.10. The van der Waals surface area contributed by atoms with E-state index in [9.17, 15) is 12.8 Å². The zero-order valence-corrected chi connectivity index (χ0v) is 12.6. The summed E-state index contributed by atoms with van der Waals surface area (Å²) in [6.45, 7) is 1.48. The molecule has 2 saturated heterocycles. The van der Waals surface area contributed by atoms with Gasteiger partial charge in [0.1, 0.15) is 10.7 Å². The highest BCUT2D eigenvalue weighted by Gasteiger charge is 2.43. The number of benzene rings is 1. The normalized spacial score (nSPS) is 26.9. The van der Waals surface area contributed by atoms with Crippen LogP contribution < -0.4 is 5.32 Å². The first-order valence-corrected chi connectivity index (χ1v) is 8.03. The molecule has 2 unspecified atom stereocenters. The van der Waals surface area contributed by atoms with Crippen molar-refractivity contribution in [1.82, 2.24) is 9.62 Å². The number of nitrogens with one attached hydrogen (secondary N) is 1. The number of hydrogen-bond acceptors (Lipinski definition) is 3. The first kappa shape index (κ1) is 15.7. The first-order valence-electron chi connectivity index (χ1n) is 6.59. The molecule has 20 heavy (non-hydrogen) atoms. The standard InChI is InChI=1S/C13H17FN2O2S.ClH/c14-12-3-1-2-4-13(12)19(17,18)16-10-5-6-11(16)9-15-8-7-10;/h1-4,10-11,15H,5-9H2;1H. The third-order valence-corrected chi connectivity index (χ3v) is 6.02. The van der Waals surface area contributed by atoms with E-state index < -0.39 is 15.8 Å². The molecule has 2 bridgehead atoms. The Labute approximate surface area is 124 Å². The maximum absolute atomic E-state index is 13.8. The molecule has 1 N–H and O–H groups in total. The van der Waals surface area contributed by atoms with Gasteiger partial charge in [-0.25, -0.2) is 12.8 Å². The van der Waals surface area contributed by atoms with Crippen LogP contribution >= 0.6 is 12.4 Å². The van der Waals surface area contributed by atoms with Crippen LogP contribution in [0.5, 0.6) is 0 Å². The van der Waals surface area contributed by atoms with Crippen LogP contribution in [0.3, 0.4) is 0 Å². The Morgan fingerprint density at radius 2 is 1.85 bits per heavy atom. The van der Waals surface area contributed by atoms with Gasteiger partial charge in [-0.2, -0.15) is 4.31 Å². The van der Waals surface area contributed by atoms with Crippen LogP contribution in [0, 0.1) is 5.82 Å². The predicted molar refractivity (Wildman–Crippen MR) is 77.0 cm³/mol. The summed E-state index contributed by atoms with van der Waals surface area (Å²) in [5.41, 5.74) is 0. The van der Waals surface area contributed by atoms with Crippen molar-refractivity contribution in [2.45, 2.75) is 36.2 Å². The summed E-state index contributed by atoms with van der Waals surface area (Å²) < 4.78 is 40.7. The van der Waals surface area contributed by atoms with E-state index in [4.69, 9.17) is 0 Å². The average Bonchev–Trinajstić information content (AvgIpc) is 2.64. The molecule has 7 heteroatoms. The zero-order chi connectivity index (χ0) is 13.5. The van der Waals surface area contributed by atoms with Gasteiger partial charge in [0.05, 0.1) is 0 Å². The summed E-state index contributed by atoms with van der Waals surface area (Å²) in [7, 11) is -3.73. The molecule has 0 saturated carbocycles. The van der Waals surface area contributed by atoms with Gasteiger partial charge < -0.3 is 5.32 Å². The van der Waals surface area contributed by atoms with E-state index in [0.29, 0.717) is 6.54 Å². The second-order valence-corrected chi connectivity index (χ2v) is 6.95. The molecule has 4 nitrogen and oxygen atoms in total. The molecule has 2 fully saturated rings. The Balaban J connectivity index is 0.00000147. The van der Waals surface area contributed by atoms with Crippen molar-refractivity contribution >= 4 is 22.4 Å². The molecular weight excluding hydrogens is 303 g/mol. The fourth-order valence-corrected chi connectivity index (χ4v) is 5.07. The van der Waals surface area contributed by atoms with Gasteiger partial charge in [-0.3, -0.25) is 0 Å². The molecule has 0 aromatic heterocycles. The number of sulfonamides is 1. The van der Waals surface area contributed by atoms with E-state index in [1.165, 1.54) is 22.5 Å². The van der Waals surface area contributed by atoms with Crippen LogP contribution in [0.4, 0.5) is 4.39 Å². The van der Waals surface area contributed by atoms with Crippen molar-refractivity contribution in [1.29, 1.82) is 0 Å². The minimum atomic E-state index is -3.73. The Bertz CT molecular complexity index is 567. The highest BCUT2D eigenvalue weighted by molar-refractivity contribution is 7.89. The molecule has 3 rings (SSSR count). The Morgan fingerprint density at radius 3 is 2.60 bits per heavy atom. The van der Waals surface area contributed by atoms with Crippen LogP contribution in [0.1, 0.15) is 19.3 Å². The van der Waals surface area contributed by atoms with Crippen LogP contribution in [-0.4, -0.2) is 37.9 Å². The third-order valence-electron chi connectivity index (χ3n) is 3.98. The molecule has 0 amide bonds. The van der Waals surface area contributed by atoms with Crippen LogP contribution in [0.2, 0.25) is 0 Å². The van der Waals surface area contributed by atoms with Crippen LogP contribution in [0.15, 0.2) is 29.2 Å². The molecule has 0 aliphatic carbocycles. The molecule has 2 aliphatic heterocycles. The Morgan fingerprint density at radius 1 is 1.15 bits per heavy atom. The van der Waals surface area contributed by atoms with Gasteiger partial charge in [-0.1, -0.05) is 12.1 Å². The Kier molecular flexibility index (Phi) is 4.69. The Hall–Kier alpha value is -0.690. The number of halogens is 2. The summed E-state index contributed by atoms with van der Waals surface area (Å²) in [6.07, 6.45) is 2.52. The minimum absolute atomic E-state index is 0. The van der Waals surface area contributed by atoms with Gasteiger partial charge in [0.2, 0.25) is 10.0 Å². The predicted octanol–water partition coefficient (Wildman–Crippen LogP) is 1.76. The van der Waals surface area contributed by atoms with Gasteiger partial charge in [0.25, 0.3) is 0 Å². The maximum atomic E-state index is 13.8. The van der Waals surface area contributed by atoms with Crippen molar-refractivity contribution in [2.75, 3.05) is 13.1 Å². The SMILES string of the molecule is Cl.O=S(=O)(c1ccccc1F)N1C2CCNCC1CC2. The molecule has 2 heterocycles. The van der Waals surface area contributed by atoms with Crippen molar-refractivity contribution < 1.29 is 12.8 Å². The molecule has 112 valence electrons. The van der Waals surface area contributed by atoms with E-state index in [1.807, 2.05) is 0 Å². The second-order valence-electron chi connectivity index (χ2n) is 5.14. The molecule has 0 spiro atoms. The lowest BCUT2D eigenvalue weighted by Gasteiger charge is -2.26. The lowest BCUT2D eigenvalue weighted by Crippen LogP contribution is -2.42. The lowest BCUT2D eigenvalue weighted by atomic mass is 10.1. The summed E-state index contributed by atoms with van der Waals surface area (Å²) in [4.78, 5) is -0.200. The van der Waals surface area contributed by atoms with Crippen molar-refractivity contribution in [3.63, 3.8) is 0 Å². The molecule has 2 atom stereocenters. The monoisotopic (exact) mass is 320 g/mol. The highest BCUT2D eigenvalue weighted by atomic mass is 35.5. The maximum Gasteiger partial charge on any atom is 0.246 e. The summed E-state index contributed by atoms with van der Waals surface area (Å²) in [5, 5.41) is 3.25. The van der Waals surface area contributed by atoms with E-state index >= 15 is 0 Å².